The molecule has 0 bridgehead atoms. The summed E-state index contributed by atoms with van der Waals surface area (Å²) in [6, 6.07) is 20.3. The summed E-state index contributed by atoms with van der Waals surface area (Å²) < 4.78 is 1.43. The molecule has 2 aromatic carbocycles. The van der Waals surface area contributed by atoms with Crippen LogP contribution >= 0.6 is 11.3 Å². The van der Waals surface area contributed by atoms with Gasteiger partial charge in [-0.3, -0.25) is 0 Å². The first-order valence-corrected chi connectivity index (χ1v) is 8.42. The predicted molar refractivity (Wildman–Crippen MR) is 91.0 cm³/mol. The van der Waals surface area contributed by atoms with Crippen molar-refractivity contribution in [2.45, 2.75) is 24.3 Å². The highest BCUT2D eigenvalue weighted by Crippen LogP contribution is 2.57. The van der Waals surface area contributed by atoms with Gasteiger partial charge in [-0.05, 0) is 47.8 Å². The molecule has 1 unspecified atom stereocenters. The van der Waals surface area contributed by atoms with E-state index in [1.54, 1.807) is 0 Å². The molecule has 4 rings (SSSR count). The fraction of sp³-hybridized carbons (Fsp3) is 0.263. The van der Waals surface area contributed by atoms with Crippen LogP contribution in [0.5, 0.6) is 0 Å². The minimum absolute atomic E-state index is 0.272. The molecular weight excluding hydrogens is 274 g/mol. The smallest absolute Gasteiger partial charge is 0.0430 e. The molecule has 1 fully saturated rings. The van der Waals surface area contributed by atoms with Crippen molar-refractivity contribution in [1.82, 2.24) is 5.32 Å². The Morgan fingerprint density at radius 2 is 1.81 bits per heavy atom. The van der Waals surface area contributed by atoms with E-state index in [0.29, 0.717) is 6.04 Å². The zero-order valence-electron chi connectivity index (χ0n) is 12.2. The summed E-state index contributed by atoms with van der Waals surface area (Å²) in [5, 5.41) is 7.17. The van der Waals surface area contributed by atoms with Crippen LogP contribution in [0, 0.1) is 0 Å². The highest BCUT2D eigenvalue weighted by atomic mass is 32.1. The molecule has 0 spiro atoms. The van der Waals surface area contributed by atoms with Gasteiger partial charge in [0.15, 0.2) is 0 Å². The quantitative estimate of drug-likeness (QED) is 0.722. The minimum atomic E-state index is 0.272. The van der Waals surface area contributed by atoms with Gasteiger partial charge in [0.2, 0.25) is 0 Å². The van der Waals surface area contributed by atoms with Crippen molar-refractivity contribution in [2.75, 3.05) is 7.05 Å². The summed E-state index contributed by atoms with van der Waals surface area (Å²) in [7, 11) is 2.10. The lowest BCUT2D eigenvalue weighted by atomic mass is 9.83. The van der Waals surface area contributed by atoms with Crippen LogP contribution in [-0.4, -0.2) is 7.05 Å². The van der Waals surface area contributed by atoms with E-state index >= 15 is 0 Å². The van der Waals surface area contributed by atoms with E-state index in [4.69, 9.17) is 0 Å². The molecule has 0 aliphatic heterocycles. The number of hydrogen-bond acceptors (Lipinski definition) is 2. The average molecular weight is 293 g/mol. The first-order valence-electron chi connectivity index (χ1n) is 7.54. The second kappa shape index (κ2) is 4.97. The third-order valence-corrected chi connectivity index (χ3v) is 5.78. The number of benzene rings is 2. The van der Waals surface area contributed by atoms with Gasteiger partial charge in [-0.15, -0.1) is 11.3 Å². The maximum Gasteiger partial charge on any atom is 0.0430 e. The van der Waals surface area contributed by atoms with Crippen molar-refractivity contribution in [3.63, 3.8) is 0 Å². The molecule has 0 radical (unpaired) electrons. The second-order valence-corrected chi connectivity index (χ2v) is 6.85. The van der Waals surface area contributed by atoms with Crippen LogP contribution in [0.3, 0.4) is 0 Å². The fourth-order valence-electron chi connectivity index (χ4n) is 3.62. The van der Waals surface area contributed by atoms with Gasteiger partial charge in [-0.2, -0.15) is 0 Å². The molecule has 1 N–H and O–H groups in total. The number of rotatable bonds is 4. The Hall–Kier alpha value is -1.64. The Balaban J connectivity index is 1.84. The van der Waals surface area contributed by atoms with E-state index in [1.165, 1.54) is 34.1 Å². The van der Waals surface area contributed by atoms with E-state index in [0.717, 1.165) is 0 Å². The molecular formula is C19H19NS. The van der Waals surface area contributed by atoms with Crippen molar-refractivity contribution >= 4 is 21.4 Å². The minimum Gasteiger partial charge on any atom is -0.312 e. The predicted octanol–water partition coefficient (Wildman–Crippen LogP) is 4.89. The van der Waals surface area contributed by atoms with Crippen molar-refractivity contribution < 1.29 is 0 Å². The number of nitrogens with one attached hydrogen (secondary N) is 1. The SMILES string of the molecule is CNC(c1cccc2ccsc12)C1(c2ccccc2)CC1. The van der Waals surface area contributed by atoms with Gasteiger partial charge in [0.05, 0.1) is 0 Å². The summed E-state index contributed by atoms with van der Waals surface area (Å²) in [6.07, 6.45) is 2.54. The van der Waals surface area contributed by atoms with Crippen LogP contribution in [0.4, 0.5) is 0 Å². The lowest BCUT2D eigenvalue weighted by molar-refractivity contribution is 0.466. The van der Waals surface area contributed by atoms with Crippen molar-refractivity contribution in [2.24, 2.45) is 0 Å². The summed E-state index contributed by atoms with van der Waals surface area (Å²) in [4.78, 5) is 0. The van der Waals surface area contributed by atoms with Crippen LogP contribution in [0.2, 0.25) is 0 Å². The highest BCUT2D eigenvalue weighted by Gasteiger charge is 2.51. The molecule has 1 atom stereocenters. The maximum atomic E-state index is 3.61. The monoisotopic (exact) mass is 293 g/mol. The first kappa shape index (κ1) is 13.1. The number of likely N-dealkylation sites (N-methyl/N-ethyl adjacent to an activating group) is 1. The molecule has 1 saturated carbocycles. The maximum absolute atomic E-state index is 3.61. The lowest BCUT2D eigenvalue weighted by Crippen LogP contribution is -2.29. The summed E-state index contributed by atoms with van der Waals surface area (Å²) in [5.74, 6) is 0. The fourth-order valence-corrected chi connectivity index (χ4v) is 4.57. The van der Waals surface area contributed by atoms with Gasteiger partial charge >= 0.3 is 0 Å². The Kier molecular flexibility index (Phi) is 3.09. The van der Waals surface area contributed by atoms with Crippen LogP contribution in [0.1, 0.15) is 30.0 Å². The summed E-state index contributed by atoms with van der Waals surface area (Å²) in [5.41, 5.74) is 3.19. The van der Waals surface area contributed by atoms with E-state index in [9.17, 15) is 0 Å². The third kappa shape index (κ3) is 2.02. The molecule has 3 aromatic rings. The largest absolute Gasteiger partial charge is 0.312 e. The Labute approximate surface area is 129 Å². The summed E-state index contributed by atoms with van der Waals surface area (Å²) in [6.45, 7) is 0. The molecule has 1 heterocycles. The molecule has 21 heavy (non-hydrogen) atoms. The molecule has 1 nitrogen and oxygen atoms in total. The normalized spacial score (nSPS) is 17.8. The van der Waals surface area contributed by atoms with Gasteiger partial charge in [0, 0.05) is 16.2 Å². The van der Waals surface area contributed by atoms with Crippen LogP contribution in [-0.2, 0) is 5.41 Å². The van der Waals surface area contributed by atoms with Gasteiger partial charge in [0.1, 0.15) is 0 Å². The highest BCUT2D eigenvalue weighted by molar-refractivity contribution is 7.17. The van der Waals surface area contributed by atoms with Gasteiger partial charge in [0.25, 0.3) is 0 Å². The molecule has 1 aromatic heterocycles. The molecule has 106 valence electrons. The van der Waals surface area contributed by atoms with Crippen molar-refractivity contribution in [1.29, 1.82) is 0 Å². The van der Waals surface area contributed by atoms with Crippen LogP contribution < -0.4 is 5.32 Å². The van der Waals surface area contributed by atoms with Gasteiger partial charge in [-0.25, -0.2) is 0 Å². The van der Waals surface area contributed by atoms with Crippen molar-refractivity contribution in [3.8, 4) is 0 Å². The molecule has 2 heteroatoms. The molecule has 0 amide bonds. The average Bonchev–Trinajstić information content (AvgIpc) is 3.19. The zero-order chi connectivity index (χ0) is 14.3. The Morgan fingerprint density at radius 3 is 2.52 bits per heavy atom. The standard InChI is InChI=1S/C19H19NS/c1-20-18(16-9-5-6-14-10-13-21-17(14)16)19(11-12-19)15-7-3-2-4-8-15/h2-10,13,18,20H,11-12H2,1H3. The Morgan fingerprint density at radius 1 is 1.00 bits per heavy atom. The van der Waals surface area contributed by atoms with Crippen LogP contribution in [0.25, 0.3) is 10.1 Å². The topological polar surface area (TPSA) is 12.0 Å². The first-order chi connectivity index (χ1) is 10.3. The molecule has 1 aliphatic carbocycles. The number of fused-ring (bicyclic) bond motifs is 1. The summed E-state index contributed by atoms with van der Waals surface area (Å²) >= 11 is 1.86. The third-order valence-electron chi connectivity index (χ3n) is 4.80. The Bertz CT molecular complexity index is 755. The van der Waals surface area contributed by atoms with Crippen molar-refractivity contribution in [3.05, 3.63) is 71.1 Å². The van der Waals surface area contributed by atoms with Gasteiger partial charge in [-0.1, -0.05) is 48.5 Å². The molecule has 0 saturated heterocycles. The molecule has 1 aliphatic rings. The van der Waals surface area contributed by atoms with E-state index < -0.39 is 0 Å². The number of hydrogen-bond donors (Lipinski definition) is 1. The van der Waals surface area contributed by atoms with E-state index in [-0.39, 0.29) is 5.41 Å². The second-order valence-electron chi connectivity index (χ2n) is 5.93. The van der Waals surface area contributed by atoms with E-state index in [2.05, 4.69) is 72.3 Å². The zero-order valence-corrected chi connectivity index (χ0v) is 13.0. The van der Waals surface area contributed by atoms with Crippen LogP contribution in [0.15, 0.2) is 60.0 Å². The lowest BCUT2D eigenvalue weighted by Gasteiger charge is -2.28. The van der Waals surface area contributed by atoms with E-state index in [1.807, 2.05) is 11.3 Å². The van der Waals surface area contributed by atoms with Gasteiger partial charge < -0.3 is 5.32 Å². The number of thiophene rings is 1.